The van der Waals surface area contributed by atoms with Crippen molar-refractivity contribution in [3.8, 4) is 5.75 Å². The van der Waals surface area contributed by atoms with Gasteiger partial charge in [0.2, 0.25) is 12.3 Å². The van der Waals surface area contributed by atoms with Gasteiger partial charge in [0.15, 0.2) is 0 Å². The van der Waals surface area contributed by atoms with E-state index < -0.39 is 0 Å². The highest BCUT2D eigenvalue weighted by molar-refractivity contribution is 7.99. The van der Waals surface area contributed by atoms with Gasteiger partial charge in [0, 0.05) is 23.1 Å². The van der Waals surface area contributed by atoms with Crippen LogP contribution in [-0.4, -0.2) is 25.2 Å². The summed E-state index contributed by atoms with van der Waals surface area (Å²) < 4.78 is 5.15. The SMILES string of the molecule is COc1cc(NC=O)c2c(c1)SCCC(=O)N2. The maximum Gasteiger partial charge on any atom is 0.225 e. The Morgan fingerprint density at radius 2 is 2.35 bits per heavy atom. The van der Waals surface area contributed by atoms with Gasteiger partial charge in [0.05, 0.1) is 18.5 Å². The van der Waals surface area contributed by atoms with Crippen LogP contribution in [0.5, 0.6) is 5.75 Å². The molecule has 1 aliphatic rings. The van der Waals surface area contributed by atoms with Crippen LogP contribution in [0.4, 0.5) is 11.4 Å². The van der Waals surface area contributed by atoms with Crippen molar-refractivity contribution in [2.24, 2.45) is 0 Å². The number of anilines is 2. The quantitative estimate of drug-likeness (QED) is 0.803. The Kier molecular flexibility index (Phi) is 3.53. The first-order chi connectivity index (χ1) is 8.24. The molecule has 90 valence electrons. The molecule has 5 nitrogen and oxygen atoms in total. The van der Waals surface area contributed by atoms with E-state index in [1.807, 2.05) is 6.07 Å². The molecule has 0 fully saturated rings. The van der Waals surface area contributed by atoms with E-state index in [4.69, 9.17) is 4.74 Å². The fourth-order valence-electron chi connectivity index (χ4n) is 1.58. The van der Waals surface area contributed by atoms with E-state index in [-0.39, 0.29) is 5.91 Å². The van der Waals surface area contributed by atoms with Crippen molar-refractivity contribution >= 4 is 35.5 Å². The number of amides is 2. The van der Waals surface area contributed by atoms with Gasteiger partial charge in [0.25, 0.3) is 0 Å². The van der Waals surface area contributed by atoms with Gasteiger partial charge in [-0.2, -0.15) is 0 Å². The topological polar surface area (TPSA) is 67.4 Å². The summed E-state index contributed by atoms with van der Waals surface area (Å²) in [6, 6.07) is 3.53. The third-order valence-corrected chi connectivity index (χ3v) is 3.42. The Morgan fingerprint density at radius 1 is 1.53 bits per heavy atom. The first-order valence-electron chi connectivity index (χ1n) is 5.09. The number of nitrogens with one attached hydrogen (secondary N) is 2. The second kappa shape index (κ2) is 5.09. The van der Waals surface area contributed by atoms with Crippen molar-refractivity contribution in [2.45, 2.75) is 11.3 Å². The Morgan fingerprint density at radius 3 is 3.06 bits per heavy atom. The largest absolute Gasteiger partial charge is 0.497 e. The Bertz CT molecular complexity index is 462. The van der Waals surface area contributed by atoms with E-state index in [1.165, 1.54) is 0 Å². The zero-order valence-electron chi connectivity index (χ0n) is 9.28. The van der Waals surface area contributed by atoms with Gasteiger partial charge in [-0.1, -0.05) is 0 Å². The lowest BCUT2D eigenvalue weighted by molar-refractivity contribution is -0.115. The third-order valence-electron chi connectivity index (χ3n) is 2.38. The minimum absolute atomic E-state index is 0.0460. The first-order valence-corrected chi connectivity index (χ1v) is 6.08. The molecule has 2 rings (SSSR count). The zero-order valence-corrected chi connectivity index (χ0v) is 10.1. The maximum atomic E-state index is 11.5. The molecule has 0 atom stereocenters. The highest BCUT2D eigenvalue weighted by atomic mass is 32.2. The summed E-state index contributed by atoms with van der Waals surface area (Å²) in [5.41, 5.74) is 1.20. The summed E-state index contributed by atoms with van der Waals surface area (Å²) in [5.74, 6) is 1.32. The fraction of sp³-hybridized carbons (Fsp3) is 0.273. The third kappa shape index (κ3) is 2.52. The fourth-order valence-corrected chi connectivity index (χ4v) is 2.60. The van der Waals surface area contributed by atoms with Gasteiger partial charge in [0.1, 0.15) is 5.75 Å². The maximum absolute atomic E-state index is 11.5. The average molecular weight is 252 g/mol. The molecule has 17 heavy (non-hydrogen) atoms. The molecule has 1 aliphatic heterocycles. The molecule has 2 amide bonds. The summed E-state index contributed by atoms with van der Waals surface area (Å²) in [6.45, 7) is 0. The number of fused-ring (bicyclic) bond motifs is 1. The molecule has 1 heterocycles. The van der Waals surface area contributed by atoms with Crippen LogP contribution in [0.3, 0.4) is 0 Å². The average Bonchev–Trinajstić information content (AvgIpc) is 2.50. The molecule has 0 radical (unpaired) electrons. The van der Waals surface area contributed by atoms with Crippen molar-refractivity contribution in [3.63, 3.8) is 0 Å². The summed E-state index contributed by atoms with van der Waals surface area (Å²) in [5, 5.41) is 5.36. The molecule has 0 spiro atoms. The molecule has 0 aromatic heterocycles. The van der Waals surface area contributed by atoms with Crippen molar-refractivity contribution in [1.82, 2.24) is 0 Å². The molecule has 0 aliphatic carbocycles. The van der Waals surface area contributed by atoms with Crippen LogP contribution in [0.2, 0.25) is 0 Å². The predicted octanol–water partition coefficient (Wildman–Crippen LogP) is 1.70. The molecule has 0 bridgehead atoms. The number of hydrogen-bond donors (Lipinski definition) is 2. The number of carbonyl (C=O) groups is 2. The predicted molar refractivity (Wildman–Crippen MR) is 66.7 cm³/mol. The molecule has 1 aromatic rings. The second-order valence-corrected chi connectivity index (χ2v) is 4.59. The van der Waals surface area contributed by atoms with Gasteiger partial charge in [-0.3, -0.25) is 9.59 Å². The van der Waals surface area contributed by atoms with Crippen LogP contribution in [0, 0.1) is 0 Å². The summed E-state index contributed by atoms with van der Waals surface area (Å²) >= 11 is 1.56. The highest BCUT2D eigenvalue weighted by Crippen LogP contribution is 2.39. The second-order valence-electron chi connectivity index (χ2n) is 3.46. The normalized spacial score (nSPS) is 14.3. The number of ether oxygens (including phenoxy) is 1. The Balaban J connectivity index is 2.49. The van der Waals surface area contributed by atoms with E-state index in [2.05, 4.69) is 10.6 Å². The monoisotopic (exact) mass is 252 g/mol. The van der Waals surface area contributed by atoms with Crippen LogP contribution in [0.25, 0.3) is 0 Å². The smallest absolute Gasteiger partial charge is 0.225 e. The molecule has 0 saturated heterocycles. The minimum Gasteiger partial charge on any atom is -0.497 e. The van der Waals surface area contributed by atoms with Gasteiger partial charge < -0.3 is 15.4 Å². The van der Waals surface area contributed by atoms with Crippen molar-refractivity contribution < 1.29 is 14.3 Å². The standard InChI is InChI=1S/C11H12N2O3S/c1-16-7-4-8(12-6-14)11-9(5-7)17-3-2-10(15)13-11/h4-6H,2-3H2,1H3,(H,12,14)(H,13,15). The molecule has 1 aromatic carbocycles. The zero-order chi connectivity index (χ0) is 12.3. The van der Waals surface area contributed by atoms with Crippen molar-refractivity contribution in [3.05, 3.63) is 12.1 Å². The summed E-state index contributed by atoms with van der Waals surface area (Å²) in [7, 11) is 1.56. The van der Waals surface area contributed by atoms with Crippen molar-refractivity contribution in [1.29, 1.82) is 0 Å². The lowest BCUT2D eigenvalue weighted by Gasteiger charge is -2.13. The molecule has 0 unspecified atom stereocenters. The minimum atomic E-state index is -0.0460. The molecule has 6 heteroatoms. The number of thioether (sulfide) groups is 1. The van der Waals surface area contributed by atoms with Gasteiger partial charge in [-0.15, -0.1) is 11.8 Å². The van der Waals surface area contributed by atoms with Crippen LogP contribution >= 0.6 is 11.8 Å². The van der Waals surface area contributed by atoms with Gasteiger partial charge >= 0.3 is 0 Å². The van der Waals surface area contributed by atoms with Crippen LogP contribution < -0.4 is 15.4 Å². The number of rotatable bonds is 3. The number of methoxy groups -OCH3 is 1. The number of carbonyl (C=O) groups excluding carboxylic acids is 2. The van der Waals surface area contributed by atoms with E-state index in [1.54, 1.807) is 24.9 Å². The molecular formula is C11H12N2O3S. The van der Waals surface area contributed by atoms with E-state index >= 15 is 0 Å². The van der Waals surface area contributed by atoms with Crippen LogP contribution in [0.1, 0.15) is 6.42 Å². The number of benzene rings is 1. The molecular weight excluding hydrogens is 240 g/mol. The van der Waals surface area contributed by atoms with Crippen molar-refractivity contribution in [2.75, 3.05) is 23.5 Å². The van der Waals surface area contributed by atoms with E-state index in [0.717, 1.165) is 4.90 Å². The molecule has 2 N–H and O–H groups in total. The summed E-state index contributed by atoms with van der Waals surface area (Å²) in [6.07, 6.45) is 1.04. The van der Waals surface area contributed by atoms with Crippen LogP contribution in [0.15, 0.2) is 17.0 Å². The first kappa shape index (κ1) is 11.8. The lowest BCUT2D eigenvalue weighted by atomic mass is 10.2. The van der Waals surface area contributed by atoms with Crippen LogP contribution in [-0.2, 0) is 9.59 Å². The van der Waals surface area contributed by atoms with Gasteiger partial charge in [-0.25, -0.2) is 0 Å². The highest BCUT2D eigenvalue weighted by Gasteiger charge is 2.18. The lowest BCUT2D eigenvalue weighted by Crippen LogP contribution is -2.12. The van der Waals surface area contributed by atoms with E-state index in [0.29, 0.717) is 35.7 Å². The summed E-state index contributed by atoms with van der Waals surface area (Å²) in [4.78, 5) is 22.9. The number of hydrogen-bond acceptors (Lipinski definition) is 4. The van der Waals surface area contributed by atoms with Gasteiger partial charge in [-0.05, 0) is 6.07 Å². The Labute approximate surface area is 103 Å². The Hall–Kier alpha value is -1.69. The van der Waals surface area contributed by atoms with E-state index in [9.17, 15) is 9.59 Å². The molecule has 0 saturated carbocycles.